The van der Waals surface area contributed by atoms with Crippen LogP contribution in [-0.2, 0) is 0 Å². The van der Waals surface area contributed by atoms with Gasteiger partial charge >= 0.3 is 0 Å². The molecule has 0 aliphatic heterocycles. The van der Waals surface area contributed by atoms with E-state index in [1.807, 2.05) is 6.92 Å². The summed E-state index contributed by atoms with van der Waals surface area (Å²) in [6, 6.07) is 0. The zero-order chi connectivity index (χ0) is 10.8. The number of hydrogen-bond donors (Lipinski definition) is 0. The van der Waals surface area contributed by atoms with Gasteiger partial charge in [0.15, 0.2) is 0 Å². The molecule has 14 heavy (non-hydrogen) atoms. The van der Waals surface area contributed by atoms with E-state index in [-0.39, 0.29) is 0 Å². The summed E-state index contributed by atoms with van der Waals surface area (Å²) >= 11 is 3.29. The van der Waals surface area contributed by atoms with E-state index in [0.29, 0.717) is 0 Å². The highest BCUT2D eigenvalue weighted by Gasteiger charge is 2.08. The van der Waals surface area contributed by atoms with Gasteiger partial charge in [-0.25, -0.2) is 4.98 Å². The normalized spacial score (nSPS) is 10.6. The first-order chi connectivity index (χ1) is 6.38. The molecule has 1 rings (SSSR count). The lowest BCUT2D eigenvalue weighted by Crippen LogP contribution is -2.16. The molecule has 0 saturated heterocycles. The van der Waals surface area contributed by atoms with Crippen LogP contribution >= 0.6 is 15.9 Å². The van der Waals surface area contributed by atoms with E-state index in [2.05, 4.69) is 57.0 Å². The van der Waals surface area contributed by atoms with Crippen molar-refractivity contribution in [3.8, 4) is 11.5 Å². The molecule has 1 aromatic heterocycles. The average molecular weight is 269 g/mol. The van der Waals surface area contributed by atoms with Gasteiger partial charge in [-0.15, -0.1) is 5.54 Å². The molecule has 0 spiro atoms. The first-order valence-corrected chi connectivity index (χ1v) is 8.70. The predicted molar refractivity (Wildman–Crippen MR) is 64.7 cm³/mol. The Labute approximate surface area is 94.3 Å². The minimum Gasteiger partial charge on any atom is -0.256 e. The number of aryl methyl sites for hydroxylation is 1. The molecule has 0 saturated carbocycles. The quantitative estimate of drug-likeness (QED) is 0.534. The maximum absolute atomic E-state index is 4.28. The van der Waals surface area contributed by atoms with E-state index in [9.17, 15) is 0 Å². The van der Waals surface area contributed by atoms with E-state index in [4.69, 9.17) is 0 Å². The second-order valence-corrected chi connectivity index (χ2v) is 9.69. The summed E-state index contributed by atoms with van der Waals surface area (Å²) in [5.41, 5.74) is 4.94. The van der Waals surface area contributed by atoms with Crippen LogP contribution in [-0.4, -0.2) is 18.0 Å². The second-order valence-electron chi connectivity index (χ2n) is 4.13. The van der Waals surface area contributed by atoms with Gasteiger partial charge in [0, 0.05) is 0 Å². The average Bonchev–Trinajstić information content (AvgIpc) is 2.05. The van der Waals surface area contributed by atoms with Crippen LogP contribution in [0.3, 0.4) is 0 Å². The Kier molecular flexibility index (Phi) is 3.46. The van der Waals surface area contributed by atoms with Gasteiger partial charge < -0.3 is 0 Å². The maximum Gasteiger partial charge on any atom is 0.135 e. The van der Waals surface area contributed by atoms with Gasteiger partial charge in [0.25, 0.3) is 0 Å². The lowest BCUT2D eigenvalue weighted by molar-refractivity contribution is 1.07. The van der Waals surface area contributed by atoms with E-state index >= 15 is 0 Å². The fraction of sp³-hybridized carbons (Fsp3) is 0.400. The number of nitrogens with zero attached hydrogens (tertiary/aromatic N) is 2. The molecule has 0 aromatic carbocycles. The molecule has 2 nitrogen and oxygen atoms in total. The Morgan fingerprint density at radius 2 is 2.00 bits per heavy atom. The second kappa shape index (κ2) is 4.24. The molecule has 0 unspecified atom stereocenters. The zero-order valence-corrected chi connectivity index (χ0v) is 11.4. The summed E-state index contributed by atoms with van der Waals surface area (Å²) < 4.78 is 0.739. The van der Waals surface area contributed by atoms with Gasteiger partial charge in [-0.3, -0.25) is 4.98 Å². The molecule has 4 heteroatoms. The summed E-state index contributed by atoms with van der Waals surface area (Å²) in [7, 11) is -1.32. The highest BCUT2D eigenvalue weighted by molar-refractivity contribution is 9.10. The lowest BCUT2D eigenvalue weighted by atomic mass is 10.3. The lowest BCUT2D eigenvalue weighted by Gasteiger charge is -2.03. The fourth-order valence-electron chi connectivity index (χ4n) is 0.793. The van der Waals surface area contributed by atoms with Crippen LogP contribution in [0.5, 0.6) is 0 Å². The van der Waals surface area contributed by atoms with Crippen molar-refractivity contribution in [2.24, 2.45) is 0 Å². The van der Waals surface area contributed by atoms with E-state index < -0.39 is 8.07 Å². The molecule has 74 valence electrons. The number of rotatable bonds is 0. The number of aromatic nitrogens is 2. The third-order valence-electron chi connectivity index (χ3n) is 1.48. The minimum absolute atomic E-state index is 0.739. The van der Waals surface area contributed by atoms with Crippen LogP contribution in [0, 0.1) is 18.4 Å². The van der Waals surface area contributed by atoms with Gasteiger partial charge in [0.05, 0.1) is 11.9 Å². The molecule has 0 aliphatic rings. The molecular weight excluding hydrogens is 256 g/mol. The van der Waals surface area contributed by atoms with Gasteiger partial charge in [-0.2, -0.15) is 0 Å². The van der Waals surface area contributed by atoms with Gasteiger partial charge in [-0.1, -0.05) is 25.6 Å². The van der Waals surface area contributed by atoms with E-state index in [0.717, 1.165) is 16.0 Å². The van der Waals surface area contributed by atoms with Crippen molar-refractivity contribution in [2.45, 2.75) is 26.6 Å². The number of halogens is 1. The SMILES string of the molecule is Cc1ncc(Br)nc1C#C[Si](C)(C)C. The Hall–Kier alpha value is -0.663. The molecule has 1 heterocycles. The molecule has 0 radical (unpaired) electrons. The molecule has 0 fully saturated rings. The van der Waals surface area contributed by atoms with Crippen molar-refractivity contribution < 1.29 is 0 Å². The van der Waals surface area contributed by atoms with Crippen molar-refractivity contribution in [1.82, 2.24) is 9.97 Å². The summed E-state index contributed by atoms with van der Waals surface area (Å²) in [6.07, 6.45) is 1.69. The monoisotopic (exact) mass is 268 g/mol. The van der Waals surface area contributed by atoms with Crippen LogP contribution in [0.25, 0.3) is 0 Å². The minimum atomic E-state index is -1.32. The van der Waals surface area contributed by atoms with Crippen LogP contribution in [0.15, 0.2) is 10.8 Å². The summed E-state index contributed by atoms with van der Waals surface area (Å²) in [5, 5.41) is 0. The smallest absolute Gasteiger partial charge is 0.135 e. The Morgan fingerprint density at radius 1 is 1.36 bits per heavy atom. The highest BCUT2D eigenvalue weighted by Crippen LogP contribution is 2.07. The van der Waals surface area contributed by atoms with E-state index in [1.54, 1.807) is 6.20 Å². The molecule has 0 atom stereocenters. The van der Waals surface area contributed by atoms with Crippen molar-refractivity contribution in [2.75, 3.05) is 0 Å². The fourth-order valence-corrected chi connectivity index (χ4v) is 1.57. The Balaban J connectivity index is 3.06. The van der Waals surface area contributed by atoms with Crippen molar-refractivity contribution in [1.29, 1.82) is 0 Å². The molecular formula is C10H13BrN2Si. The van der Waals surface area contributed by atoms with Gasteiger partial charge in [-0.05, 0) is 22.9 Å². The standard InChI is InChI=1S/C10H13BrN2Si/c1-8-9(5-6-14(2,3)4)13-10(11)7-12-8/h7H,1-4H3. The predicted octanol–water partition coefficient (Wildman–Crippen LogP) is 2.78. The van der Waals surface area contributed by atoms with Crippen LogP contribution in [0.2, 0.25) is 19.6 Å². The van der Waals surface area contributed by atoms with Crippen LogP contribution < -0.4 is 0 Å². The molecule has 0 bridgehead atoms. The molecule has 0 amide bonds. The van der Waals surface area contributed by atoms with Crippen LogP contribution in [0.4, 0.5) is 0 Å². The number of hydrogen-bond acceptors (Lipinski definition) is 2. The highest BCUT2D eigenvalue weighted by atomic mass is 79.9. The van der Waals surface area contributed by atoms with Crippen molar-refractivity contribution >= 4 is 24.0 Å². The van der Waals surface area contributed by atoms with Gasteiger partial charge in [0.2, 0.25) is 0 Å². The summed E-state index contributed by atoms with van der Waals surface area (Å²) in [5.74, 6) is 3.10. The van der Waals surface area contributed by atoms with Crippen LogP contribution in [0.1, 0.15) is 11.4 Å². The molecule has 0 aliphatic carbocycles. The van der Waals surface area contributed by atoms with E-state index in [1.165, 1.54) is 0 Å². The Morgan fingerprint density at radius 3 is 2.57 bits per heavy atom. The first kappa shape index (κ1) is 11.4. The topological polar surface area (TPSA) is 25.8 Å². The third kappa shape index (κ3) is 3.60. The first-order valence-electron chi connectivity index (χ1n) is 4.41. The third-order valence-corrected chi connectivity index (χ3v) is 2.74. The zero-order valence-electron chi connectivity index (χ0n) is 8.85. The Bertz CT molecular complexity index is 399. The van der Waals surface area contributed by atoms with Crippen molar-refractivity contribution in [3.05, 3.63) is 22.2 Å². The maximum atomic E-state index is 4.28. The molecule has 1 aromatic rings. The molecule has 0 N–H and O–H groups in total. The van der Waals surface area contributed by atoms with Crippen molar-refractivity contribution in [3.63, 3.8) is 0 Å². The van der Waals surface area contributed by atoms with Gasteiger partial charge in [0.1, 0.15) is 18.4 Å². The summed E-state index contributed by atoms with van der Waals surface area (Å²) in [6.45, 7) is 8.55. The summed E-state index contributed by atoms with van der Waals surface area (Å²) in [4.78, 5) is 8.46. The largest absolute Gasteiger partial charge is 0.256 e.